The monoisotopic (exact) mass is 416 g/mol. The van der Waals surface area contributed by atoms with Crippen molar-refractivity contribution in [2.24, 2.45) is 0 Å². The van der Waals surface area contributed by atoms with E-state index in [-0.39, 0.29) is 23.0 Å². The lowest BCUT2D eigenvalue weighted by atomic mass is 10.3. The maximum absolute atomic E-state index is 13.4. The molecule has 29 heavy (non-hydrogen) atoms. The molecule has 154 valence electrons. The van der Waals surface area contributed by atoms with E-state index in [0.717, 1.165) is 18.5 Å². The van der Waals surface area contributed by atoms with Crippen molar-refractivity contribution in [2.45, 2.75) is 38.8 Å². The minimum absolute atomic E-state index is 0.0175. The van der Waals surface area contributed by atoms with Gasteiger partial charge < -0.3 is 9.88 Å². The van der Waals surface area contributed by atoms with Gasteiger partial charge in [-0.3, -0.25) is 14.2 Å². The highest BCUT2D eigenvalue weighted by molar-refractivity contribution is 7.99. The molecular formula is C21H25FN4O2S. The van der Waals surface area contributed by atoms with Crippen molar-refractivity contribution < 1.29 is 9.18 Å². The number of nitrogens with zero attached hydrogens (tertiary/aromatic N) is 3. The number of aromatic amines is 1. The van der Waals surface area contributed by atoms with Crippen LogP contribution in [0.15, 0.2) is 40.3 Å². The van der Waals surface area contributed by atoms with Crippen LogP contribution in [0.4, 0.5) is 4.39 Å². The van der Waals surface area contributed by atoms with Crippen LogP contribution < -0.4 is 5.56 Å². The SMILES string of the molecule is CCCN(CCC)C(=O)CSc1nc2cc(C)[nH]c2c(=O)n1-c1ccc(F)cc1. The van der Waals surface area contributed by atoms with Crippen LogP contribution in [0, 0.1) is 12.7 Å². The number of thioether (sulfide) groups is 1. The summed E-state index contributed by atoms with van der Waals surface area (Å²) in [6.45, 7) is 7.36. The van der Waals surface area contributed by atoms with E-state index in [0.29, 0.717) is 35.0 Å². The Morgan fingerprint density at radius 2 is 1.86 bits per heavy atom. The molecule has 1 amide bonds. The third-order valence-electron chi connectivity index (χ3n) is 4.51. The first-order valence-electron chi connectivity index (χ1n) is 9.73. The van der Waals surface area contributed by atoms with E-state index in [4.69, 9.17) is 0 Å². The number of hydrogen-bond acceptors (Lipinski definition) is 4. The Kier molecular flexibility index (Phi) is 6.74. The summed E-state index contributed by atoms with van der Waals surface area (Å²) in [6, 6.07) is 7.47. The Morgan fingerprint density at radius 3 is 2.48 bits per heavy atom. The summed E-state index contributed by atoms with van der Waals surface area (Å²) in [5, 5.41) is 0.411. The van der Waals surface area contributed by atoms with Gasteiger partial charge in [0.1, 0.15) is 11.3 Å². The Labute approximate surface area is 173 Å². The first kappa shape index (κ1) is 21.1. The fraction of sp³-hybridized carbons (Fsp3) is 0.381. The Bertz CT molecular complexity index is 1050. The summed E-state index contributed by atoms with van der Waals surface area (Å²) in [7, 11) is 0. The fourth-order valence-electron chi connectivity index (χ4n) is 3.21. The molecule has 1 N–H and O–H groups in total. The predicted octanol–water partition coefficient (Wildman–Crippen LogP) is 3.90. The molecule has 0 saturated carbocycles. The first-order chi connectivity index (χ1) is 13.9. The van der Waals surface area contributed by atoms with E-state index < -0.39 is 0 Å². The molecule has 2 heterocycles. The van der Waals surface area contributed by atoms with E-state index in [1.165, 1.54) is 40.6 Å². The van der Waals surface area contributed by atoms with E-state index in [9.17, 15) is 14.0 Å². The number of H-pyrrole nitrogens is 1. The first-order valence-corrected chi connectivity index (χ1v) is 10.7. The number of carbonyl (C=O) groups excluding carboxylic acids is 1. The number of aromatic nitrogens is 3. The number of nitrogens with one attached hydrogen (secondary N) is 1. The van der Waals surface area contributed by atoms with Gasteiger partial charge in [0, 0.05) is 18.8 Å². The van der Waals surface area contributed by atoms with Gasteiger partial charge in [-0.05, 0) is 50.1 Å². The minimum Gasteiger partial charge on any atom is -0.353 e. The molecule has 2 aromatic heterocycles. The Balaban J connectivity index is 1.99. The number of halogens is 1. The highest BCUT2D eigenvalue weighted by atomic mass is 32.2. The topological polar surface area (TPSA) is 71.0 Å². The van der Waals surface area contributed by atoms with Crippen LogP contribution in [0.3, 0.4) is 0 Å². The molecule has 8 heteroatoms. The van der Waals surface area contributed by atoms with Gasteiger partial charge in [0.15, 0.2) is 5.16 Å². The zero-order chi connectivity index (χ0) is 21.0. The summed E-state index contributed by atoms with van der Waals surface area (Å²) in [4.78, 5) is 35.3. The number of amides is 1. The van der Waals surface area contributed by atoms with Crippen LogP contribution in [-0.2, 0) is 4.79 Å². The second-order valence-corrected chi connectivity index (χ2v) is 7.84. The summed E-state index contributed by atoms with van der Waals surface area (Å²) in [6.07, 6.45) is 1.78. The zero-order valence-electron chi connectivity index (χ0n) is 16.9. The molecule has 0 fully saturated rings. The normalized spacial score (nSPS) is 11.2. The lowest BCUT2D eigenvalue weighted by Crippen LogP contribution is -2.34. The van der Waals surface area contributed by atoms with Crippen molar-refractivity contribution in [1.82, 2.24) is 19.4 Å². The molecule has 0 spiro atoms. The minimum atomic E-state index is -0.384. The zero-order valence-corrected chi connectivity index (χ0v) is 17.7. The third kappa shape index (κ3) is 4.70. The van der Waals surface area contributed by atoms with Gasteiger partial charge in [0.2, 0.25) is 5.91 Å². The van der Waals surface area contributed by atoms with Crippen molar-refractivity contribution in [1.29, 1.82) is 0 Å². The summed E-state index contributed by atoms with van der Waals surface area (Å²) in [5.41, 5.74) is 2.00. The maximum Gasteiger partial charge on any atom is 0.283 e. The van der Waals surface area contributed by atoms with E-state index in [2.05, 4.69) is 9.97 Å². The number of aryl methyl sites for hydroxylation is 1. The van der Waals surface area contributed by atoms with Crippen LogP contribution in [0.2, 0.25) is 0 Å². The molecule has 0 aliphatic heterocycles. The highest BCUT2D eigenvalue weighted by Gasteiger charge is 2.18. The summed E-state index contributed by atoms with van der Waals surface area (Å²) in [5.74, 6) is -0.183. The van der Waals surface area contributed by atoms with Crippen LogP contribution in [0.1, 0.15) is 32.4 Å². The number of benzene rings is 1. The molecular weight excluding hydrogens is 391 g/mol. The van der Waals surface area contributed by atoms with Crippen LogP contribution in [-0.4, -0.2) is 44.2 Å². The lowest BCUT2D eigenvalue weighted by molar-refractivity contribution is -0.128. The van der Waals surface area contributed by atoms with E-state index in [1.807, 2.05) is 25.7 Å². The molecule has 0 radical (unpaired) electrons. The quantitative estimate of drug-likeness (QED) is 0.447. The molecule has 0 bridgehead atoms. The standard InChI is InChI=1S/C21H25FN4O2S/c1-4-10-25(11-5-2)18(27)13-29-21-24-17-12-14(3)23-19(17)20(28)26(21)16-8-6-15(22)7-9-16/h6-9,12,23H,4-5,10-11,13H2,1-3H3. The van der Waals surface area contributed by atoms with Gasteiger partial charge in [-0.15, -0.1) is 0 Å². The summed E-state index contributed by atoms with van der Waals surface area (Å²) < 4.78 is 14.8. The van der Waals surface area contributed by atoms with Gasteiger partial charge in [-0.25, -0.2) is 9.37 Å². The maximum atomic E-state index is 13.4. The highest BCUT2D eigenvalue weighted by Crippen LogP contribution is 2.22. The van der Waals surface area contributed by atoms with Gasteiger partial charge in [-0.2, -0.15) is 0 Å². The Hall–Kier alpha value is -2.61. The fourth-order valence-corrected chi connectivity index (χ4v) is 4.13. The van der Waals surface area contributed by atoms with Crippen molar-refractivity contribution in [3.8, 4) is 5.69 Å². The largest absolute Gasteiger partial charge is 0.353 e. The van der Waals surface area contributed by atoms with Gasteiger partial charge in [-0.1, -0.05) is 25.6 Å². The van der Waals surface area contributed by atoms with Crippen LogP contribution >= 0.6 is 11.8 Å². The lowest BCUT2D eigenvalue weighted by Gasteiger charge is -2.21. The molecule has 3 aromatic rings. The number of hydrogen-bond donors (Lipinski definition) is 1. The van der Waals surface area contributed by atoms with Crippen LogP contribution in [0.25, 0.3) is 16.7 Å². The van der Waals surface area contributed by atoms with Crippen molar-refractivity contribution in [2.75, 3.05) is 18.8 Å². The molecule has 3 rings (SSSR count). The number of fused-ring (bicyclic) bond motifs is 1. The average molecular weight is 417 g/mol. The number of carbonyl (C=O) groups is 1. The number of rotatable bonds is 8. The van der Waals surface area contributed by atoms with E-state index >= 15 is 0 Å². The molecule has 0 aliphatic carbocycles. The average Bonchev–Trinajstić information content (AvgIpc) is 3.07. The van der Waals surface area contributed by atoms with Crippen molar-refractivity contribution in [3.05, 3.63) is 52.2 Å². The molecule has 0 atom stereocenters. The van der Waals surface area contributed by atoms with Gasteiger partial charge in [0.05, 0.1) is 17.0 Å². The third-order valence-corrected chi connectivity index (χ3v) is 5.43. The van der Waals surface area contributed by atoms with Crippen molar-refractivity contribution in [3.63, 3.8) is 0 Å². The molecule has 6 nitrogen and oxygen atoms in total. The van der Waals surface area contributed by atoms with Crippen molar-refractivity contribution >= 4 is 28.7 Å². The molecule has 0 aliphatic rings. The molecule has 1 aromatic carbocycles. The molecule has 0 saturated heterocycles. The smallest absolute Gasteiger partial charge is 0.283 e. The van der Waals surface area contributed by atoms with Gasteiger partial charge in [0.25, 0.3) is 5.56 Å². The second kappa shape index (κ2) is 9.26. The summed E-state index contributed by atoms with van der Waals surface area (Å²) >= 11 is 1.23. The van der Waals surface area contributed by atoms with E-state index in [1.54, 1.807) is 6.07 Å². The predicted molar refractivity (Wildman–Crippen MR) is 114 cm³/mol. The Morgan fingerprint density at radius 1 is 1.21 bits per heavy atom. The van der Waals surface area contributed by atoms with Gasteiger partial charge >= 0.3 is 0 Å². The second-order valence-electron chi connectivity index (χ2n) is 6.89. The molecule has 0 unspecified atom stereocenters. The van der Waals surface area contributed by atoms with Crippen LogP contribution in [0.5, 0.6) is 0 Å².